The Labute approximate surface area is 122 Å². The SMILES string of the molecule is CN1CCC(Oc2ccc(CNC(C)(C)C)cn2)CC1. The van der Waals surface area contributed by atoms with E-state index in [-0.39, 0.29) is 5.54 Å². The highest BCUT2D eigenvalue weighted by atomic mass is 16.5. The van der Waals surface area contributed by atoms with Crippen LogP contribution in [0.1, 0.15) is 39.2 Å². The van der Waals surface area contributed by atoms with E-state index in [4.69, 9.17) is 4.74 Å². The molecule has 0 saturated carbocycles. The van der Waals surface area contributed by atoms with Crippen molar-refractivity contribution >= 4 is 0 Å². The van der Waals surface area contributed by atoms with Crippen LogP contribution in [0.2, 0.25) is 0 Å². The van der Waals surface area contributed by atoms with Crippen molar-refractivity contribution in [1.82, 2.24) is 15.2 Å². The molecule has 4 nitrogen and oxygen atoms in total. The molecule has 112 valence electrons. The highest BCUT2D eigenvalue weighted by Crippen LogP contribution is 2.16. The van der Waals surface area contributed by atoms with Crippen molar-refractivity contribution in [2.75, 3.05) is 20.1 Å². The number of piperidine rings is 1. The number of aromatic nitrogens is 1. The summed E-state index contributed by atoms with van der Waals surface area (Å²) in [7, 11) is 2.16. The predicted molar refractivity (Wildman–Crippen MR) is 82.0 cm³/mol. The van der Waals surface area contributed by atoms with Crippen LogP contribution in [-0.4, -0.2) is 41.7 Å². The number of nitrogens with zero attached hydrogens (tertiary/aromatic N) is 2. The number of likely N-dealkylation sites (tertiary alicyclic amines) is 1. The Balaban J connectivity index is 1.82. The molecule has 1 fully saturated rings. The molecule has 4 heteroatoms. The van der Waals surface area contributed by atoms with E-state index in [0.29, 0.717) is 6.10 Å². The summed E-state index contributed by atoms with van der Waals surface area (Å²) >= 11 is 0. The second-order valence-corrected chi connectivity index (χ2v) is 6.73. The molecule has 2 rings (SSSR count). The minimum atomic E-state index is 0.128. The van der Waals surface area contributed by atoms with Crippen molar-refractivity contribution in [2.24, 2.45) is 0 Å². The fourth-order valence-corrected chi connectivity index (χ4v) is 2.23. The molecule has 1 aromatic heterocycles. The second kappa shape index (κ2) is 6.55. The van der Waals surface area contributed by atoms with Crippen molar-refractivity contribution in [3.63, 3.8) is 0 Å². The first-order chi connectivity index (χ1) is 9.42. The fourth-order valence-electron chi connectivity index (χ4n) is 2.23. The number of nitrogens with one attached hydrogen (secondary N) is 1. The quantitative estimate of drug-likeness (QED) is 0.917. The number of ether oxygens (including phenoxy) is 1. The Bertz CT molecular complexity index is 403. The Morgan fingerprint density at radius 3 is 2.55 bits per heavy atom. The summed E-state index contributed by atoms with van der Waals surface area (Å²) in [6, 6.07) is 4.08. The molecule has 0 radical (unpaired) electrons. The van der Waals surface area contributed by atoms with Crippen molar-refractivity contribution in [3.8, 4) is 5.88 Å². The summed E-state index contributed by atoms with van der Waals surface area (Å²) < 4.78 is 5.95. The third kappa shape index (κ3) is 5.10. The van der Waals surface area contributed by atoms with E-state index in [1.54, 1.807) is 0 Å². The van der Waals surface area contributed by atoms with Crippen LogP contribution in [0.25, 0.3) is 0 Å². The molecule has 2 heterocycles. The maximum atomic E-state index is 5.95. The van der Waals surface area contributed by atoms with Gasteiger partial charge >= 0.3 is 0 Å². The van der Waals surface area contributed by atoms with E-state index >= 15 is 0 Å². The van der Waals surface area contributed by atoms with Crippen LogP contribution in [-0.2, 0) is 6.54 Å². The van der Waals surface area contributed by atoms with Gasteiger partial charge in [-0.2, -0.15) is 0 Å². The molecule has 1 saturated heterocycles. The lowest BCUT2D eigenvalue weighted by Crippen LogP contribution is -2.36. The molecule has 1 N–H and O–H groups in total. The fraction of sp³-hybridized carbons (Fsp3) is 0.688. The highest BCUT2D eigenvalue weighted by Gasteiger charge is 2.18. The van der Waals surface area contributed by atoms with Gasteiger partial charge in [0.25, 0.3) is 0 Å². The number of rotatable bonds is 4. The molecule has 0 spiro atoms. The molecule has 0 aliphatic carbocycles. The zero-order valence-electron chi connectivity index (χ0n) is 13.1. The predicted octanol–water partition coefficient (Wildman–Crippen LogP) is 2.44. The van der Waals surface area contributed by atoms with Gasteiger partial charge in [-0.3, -0.25) is 0 Å². The Morgan fingerprint density at radius 2 is 2.00 bits per heavy atom. The summed E-state index contributed by atoms with van der Waals surface area (Å²) in [5, 5.41) is 3.46. The van der Waals surface area contributed by atoms with Gasteiger partial charge in [-0.25, -0.2) is 4.98 Å². The first-order valence-electron chi connectivity index (χ1n) is 7.47. The summed E-state index contributed by atoms with van der Waals surface area (Å²) in [5.74, 6) is 0.749. The summed E-state index contributed by atoms with van der Waals surface area (Å²) in [5.41, 5.74) is 1.32. The monoisotopic (exact) mass is 277 g/mol. The van der Waals surface area contributed by atoms with Gasteiger partial charge in [-0.15, -0.1) is 0 Å². The van der Waals surface area contributed by atoms with Gasteiger partial charge < -0.3 is 15.0 Å². The molecule has 1 aromatic rings. The molecule has 0 atom stereocenters. The normalized spacial score (nSPS) is 18.2. The Morgan fingerprint density at radius 1 is 1.30 bits per heavy atom. The maximum absolute atomic E-state index is 5.95. The lowest BCUT2D eigenvalue weighted by molar-refractivity contribution is 0.110. The van der Waals surface area contributed by atoms with Crippen LogP contribution < -0.4 is 10.1 Å². The minimum absolute atomic E-state index is 0.128. The Hall–Kier alpha value is -1.13. The average Bonchev–Trinajstić information content (AvgIpc) is 2.40. The third-order valence-electron chi connectivity index (χ3n) is 3.57. The second-order valence-electron chi connectivity index (χ2n) is 6.73. The van der Waals surface area contributed by atoms with Crippen molar-refractivity contribution in [1.29, 1.82) is 0 Å². The van der Waals surface area contributed by atoms with Gasteiger partial charge in [0.15, 0.2) is 0 Å². The Kier molecular flexibility index (Phi) is 5.00. The van der Waals surface area contributed by atoms with Crippen molar-refractivity contribution < 1.29 is 4.74 Å². The van der Waals surface area contributed by atoms with E-state index in [9.17, 15) is 0 Å². The molecule has 1 aliphatic heterocycles. The smallest absolute Gasteiger partial charge is 0.213 e. The van der Waals surface area contributed by atoms with Crippen LogP contribution in [0.4, 0.5) is 0 Å². The highest BCUT2D eigenvalue weighted by molar-refractivity contribution is 5.18. The van der Waals surface area contributed by atoms with Gasteiger partial charge in [-0.1, -0.05) is 6.07 Å². The number of hydrogen-bond acceptors (Lipinski definition) is 4. The molecule has 1 aliphatic rings. The standard InChI is InChI=1S/C16H27N3O/c1-16(2,3)18-12-13-5-6-15(17-11-13)20-14-7-9-19(4)10-8-14/h5-6,11,14,18H,7-10,12H2,1-4H3. The summed E-state index contributed by atoms with van der Waals surface area (Å²) in [6.45, 7) is 9.55. The van der Waals surface area contributed by atoms with E-state index in [0.717, 1.165) is 38.4 Å². The molecular weight excluding hydrogens is 250 g/mol. The van der Waals surface area contributed by atoms with Gasteiger partial charge in [0.05, 0.1) is 0 Å². The first kappa shape index (κ1) is 15.3. The van der Waals surface area contributed by atoms with Crippen molar-refractivity contribution in [2.45, 2.75) is 51.8 Å². The zero-order valence-corrected chi connectivity index (χ0v) is 13.1. The summed E-state index contributed by atoms with van der Waals surface area (Å²) in [4.78, 5) is 6.76. The summed E-state index contributed by atoms with van der Waals surface area (Å²) in [6.07, 6.45) is 4.40. The first-order valence-corrected chi connectivity index (χ1v) is 7.47. The molecule has 0 bridgehead atoms. The van der Waals surface area contributed by atoms with Crippen LogP contribution in [0.15, 0.2) is 18.3 Å². The molecule has 0 unspecified atom stereocenters. The van der Waals surface area contributed by atoms with E-state index in [1.165, 1.54) is 5.56 Å². The average molecular weight is 277 g/mol. The van der Waals surface area contributed by atoms with Crippen molar-refractivity contribution in [3.05, 3.63) is 23.9 Å². The maximum Gasteiger partial charge on any atom is 0.213 e. The van der Waals surface area contributed by atoms with Gasteiger partial charge in [0, 0.05) is 37.4 Å². The van der Waals surface area contributed by atoms with E-state index in [1.807, 2.05) is 12.3 Å². The molecule has 0 amide bonds. The molecule has 0 aromatic carbocycles. The molecular formula is C16H27N3O. The van der Waals surface area contributed by atoms with Gasteiger partial charge in [-0.05, 0) is 46.2 Å². The van der Waals surface area contributed by atoms with E-state index in [2.05, 4.69) is 49.1 Å². The molecule has 20 heavy (non-hydrogen) atoms. The van der Waals surface area contributed by atoms with Gasteiger partial charge in [0.1, 0.15) is 6.10 Å². The number of pyridine rings is 1. The lowest BCUT2D eigenvalue weighted by atomic mass is 10.1. The third-order valence-corrected chi connectivity index (χ3v) is 3.57. The van der Waals surface area contributed by atoms with Crippen LogP contribution >= 0.6 is 0 Å². The number of hydrogen-bond donors (Lipinski definition) is 1. The minimum Gasteiger partial charge on any atom is -0.474 e. The van der Waals surface area contributed by atoms with Crippen LogP contribution in [0, 0.1) is 0 Å². The van der Waals surface area contributed by atoms with Crippen LogP contribution in [0.3, 0.4) is 0 Å². The topological polar surface area (TPSA) is 37.4 Å². The van der Waals surface area contributed by atoms with Gasteiger partial charge in [0.2, 0.25) is 5.88 Å². The van der Waals surface area contributed by atoms with E-state index < -0.39 is 0 Å². The van der Waals surface area contributed by atoms with Crippen LogP contribution in [0.5, 0.6) is 5.88 Å². The lowest BCUT2D eigenvalue weighted by Gasteiger charge is -2.28. The largest absolute Gasteiger partial charge is 0.474 e. The zero-order chi connectivity index (χ0) is 14.6.